The molecule has 0 atom stereocenters. The van der Waals surface area contributed by atoms with Crippen LogP contribution in [-0.2, 0) is 0 Å². The number of nitrogens with zero attached hydrogens (tertiary/aromatic N) is 3. The van der Waals surface area contributed by atoms with Gasteiger partial charge in [-0.25, -0.2) is 14.4 Å². The lowest BCUT2D eigenvalue weighted by atomic mass is 10.1. The lowest BCUT2D eigenvalue weighted by Gasteiger charge is -2.15. The lowest BCUT2D eigenvalue weighted by molar-refractivity contribution is 0.0649. The van der Waals surface area contributed by atoms with Crippen LogP contribution in [0.1, 0.15) is 33.6 Å². The molecule has 0 saturated heterocycles. The van der Waals surface area contributed by atoms with Crippen LogP contribution in [0.3, 0.4) is 0 Å². The number of carbonyl (C=O) groups is 2. The zero-order chi connectivity index (χ0) is 26.8. The molecule has 1 aliphatic rings. The van der Waals surface area contributed by atoms with E-state index in [2.05, 4.69) is 31.2 Å². The summed E-state index contributed by atoms with van der Waals surface area (Å²) in [6.45, 7) is 0.609. The van der Waals surface area contributed by atoms with Gasteiger partial charge in [0.2, 0.25) is 0 Å². The molecule has 0 unspecified atom stereocenters. The number of unbranched alkanes of at least 4 members (excludes halogenated alkanes) is 1. The summed E-state index contributed by atoms with van der Waals surface area (Å²) in [5.41, 5.74) is 7.77. The minimum Gasteiger partial charge on any atom is -0.493 e. The molecule has 38 heavy (non-hydrogen) atoms. The number of carbonyl (C=O) groups excluding carboxylic acids is 2. The highest BCUT2D eigenvalue weighted by molar-refractivity contribution is 9.10. The summed E-state index contributed by atoms with van der Waals surface area (Å²) in [6, 6.07) is 12.9. The van der Waals surface area contributed by atoms with E-state index in [9.17, 15) is 14.0 Å². The molecule has 9 nitrogen and oxygen atoms in total. The van der Waals surface area contributed by atoms with Crippen LogP contribution in [0.15, 0.2) is 59.3 Å². The van der Waals surface area contributed by atoms with Crippen molar-refractivity contribution in [1.82, 2.24) is 14.9 Å². The van der Waals surface area contributed by atoms with Crippen LogP contribution >= 0.6 is 15.9 Å². The molecule has 0 spiro atoms. The second-order valence-electron chi connectivity index (χ2n) is 8.61. The third-order valence-corrected chi connectivity index (χ3v) is 6.63. The number of halogens is 2. The van der Waals surface area contributed by atoms with Crippen molar-refractivity contribution in [1.29, 1.82) is 0 Å². The van der Waals surface area contributed by atoms with Gasteiger partial charge in [-0.3, -0.25) is 14.5 Å². The number of benzene rings is 3. The van der Waals surface area contributed by atoms with Crippen molar-refractivity contribution in [3.8, 4) is 11.5 Å². The highest BCUT2D eigenvalue weighted by atomic mass is 79.9. The molecular formula is C27H23BrFN5O4. The fourth-order valence-electron chi connectivity index (χ4n) is 4.22. The number of aromatic nitrogens is 2. The van der Waals surface area contributed by atoms with Gasteiger partial charge < -0.3 is 20.5 Å². The van der Waals surface area contributed by atoms with Crippen LogP contribution in [0.4, 0.5) is 21.6 Å². The van der Waals surface area contributed by atoms with Crippen molar-refractivity contribution in [3.05, 3.63) is 76.3 Å². The molecular weight excluding hydrogens is 557 g/mol. The summed E-state index contributed by atoms with van der Waals surface area (Å²) in [6.07, 6.45) is 2.54. The molecule has 3 aromatic carbocycles. The molecule has 2 heterocycles. The van der Waals surface area contributed by atoms with Crippen LogP contribution in [0.2, 0.25) is 0 Å². The van der Waals surface area contributed by atoms with E-state index in [1.54, 1.807) is 36.4 Å². The molecule has 0 bridgehead atoms. The predicted molar refractivity (Wildman–Crippen MR) is 144 cm³/mol. The SMILES string of the molecule is COc1cc2c(Nc3ccc(Br)cc3F)ncnc2cc1OCCCCN1C(=O)c2ccc(N)cc2C1=O. The fourth-order valence-corrected chi connectivity index (χ4v) is 4.55. The number of nitrogen functional groups attached to an aromatic ring is 1. The number of amides is 2. The number of fused-ring (bicyclic) bond motifs is 2. The smallest absolute Gasteiger partial charge is 0.261 e. The number of hydrogen-bond acceptors (Lipinski definition) is 8. The Bertz CT molecular complexity index is 1560. The van der Waals surface area contributed by atoms with Crippen LogP contribution in [0.25, 0.3) is 10.9 Å². The third-order valence-electron chi connectivity index (χ3n) is 6.13. The standard InChI is InChI=1S/C27H23BrFN5O4/c1-37-23-12-19-22(31-14-32-25(19)33-21-7-4-15(28)10-20(21)29)13-24(23)38-9-3-2-8-34-26(35)17-6-5-16(30)11-18(17)27(34)36/h4-7,10-14H,2-3,8-9,30H2,1H3,(H,31,32,33). The maximum atomic E-state index is 14.3. The van der Waals surface area contributed by atoms with E-state index in [0.717, 1.165) is 0 Å². The van der Waals surface area contributed by atoms with Gasteiger partial charge in [-0.05, 0) is 55.3 Å². The highest BCUT2D eigenvalue weighted by Crippen LogP contribution is 2.35. The molecule has 4 aromatic rings. The van der Waals surface area contributed by atoms with Gasteiger partial charge in [-0.1, -0.05) is 15.9 Å². The average molecular weight is 580 g/mol. The summed E-state index contributed by atoms with van der Waals surface area (Å²) >= 11 is 3.25. The molecule has 0 radical (unpaired) electrons. The second-order valence-corrected chi connectivity index (χ2v) is 9.53. The van der Waals surface area contributed by atoms with Crippen LogP contribution < -0.4 is 20.5 Å². The number of rotatable bonds is 9. The summed E-state index contributed by atoms with van der Waals surface area (Å²) < 4.78 is 26.4. The number of nitrogens with two attached hydrogens (primary N) is 1. The zero-order valence-electron chi connectivity index (χ0n) is 20.3. The Balaban J connectivity index is 1.23. The number of ether oxygens (including phenoxy) is 2. The minimum atomic E-state index is -0.427. The Kier molecular flexibility index (Phi) is 7.10. The topological polar surface area (TPSA) is 120 Å². The van der Waals surface area contributed by atoms with Gasteiger partial charge in [0.15, 0.2) is 11.5 Å². The number of hydrogen-bond donors (Lipinski definition) is 2. The first kappa shape index (κ1) is 25.4. The highest BCUT2D eigenvalue weighted by Gasteiger charge is 2.34. The molecule has 0 saturated carbocycles. The van der Waals surface area contributed by atoms with Crippen molar-refractivity contribution >= 4 is 55.8 Å². The Morgan fingerprint density at radius 1 is 1.00 bits per heavy atom. The van der Waals surface area contributed by atoms with Gasteiger partial charge in [0.1, 0.15) is 18.0 Å². The lowest BCUT2D eigenvalue weighted by Crippen LogP contribution is -2.30. The first-order valence-electron chi connectivity index (χ1n) is 11.8. The zero-order valence-corrected chi connectivity index (χ0v) is 21.9. The quantitative estimate of drug-likeness (QED) is 0.155. The average Bonchev–Trinajstić information content (AvgIpc) is 3.13. The maximum absolute atomic E-state index is 14.3. The monoisotopic (exact) mass is 579 g/mol. The Morgan fingerprint density at radius 2 is 1.82 bits per heavy atom. The molecule has 0 aliphatic carbocycles. The van der Waals surface area contributed by atoms with Crippen LogP contribution in [0, 0.1) is 5.82 Å². The van der Waals surface area contributed by atoms with Gasteiger partial charge in [0.25, 0.3) is 11.8 Å². The van der Waals surface area contributed by atoms with Crippen LogP contribution in [-0.4, -0.2) is 46.9 Å². The Morgan fingerprint density at radius 3 is 2.61 bits per heavy atom. The summed E-state index contributed by atoms with van der Waals surface area (Å²) in [7, 11) is 1.52. The second kappa shape index (κ2) is 10.6. The van der Waals surface area contributed by atoms with E-state index in [4.69, 9.17) is 15.2 Å². The van der Waals surface area contributed by atoms with Crippen molar-refractivity contribution in [2.75, 3.05) is 31.3 Å². The molecule has 11 heteroatoms. The van der Waals surface area contributed by atoms with Gasteiger partial charge in [0, 0.05) is 28.2 Å². The van der Waals surface area contributed by atoms with E-state index in [1.807, 2.05) is 0 Å². The first-order valence-corrected chi connectivity index (χ1v) is 12.6. The largest absolute Gasteiger partial charge is 0.493 e. The minimum absolute atomic E-state index is 0.272. The van der Waals surface area contributed by atoms with E-state index >= 15 is 0 Å². The Labute approximate surface area is 225 Å². The van der Waals surface area contributed by atoms with Gasteiger partial charge in [-0.2, -0.15) is 0 Å². The molecule has 1 aromatic heterocycles. The van der Waals surface area contributed by atoms with Gasteiger partial charge in [-0.15, -0.1) is 0 Å². The summed E-state index contributed by atoms with van der Waals surface area (Å²) in [5.74, 6) is 0.295. The van der Waals surface area contributed by atoms with Gasteiger partial charge in [0.05, 0.1) is 36.0 Å². The molecule has 2 amide bonds. The fraction of sp³-hybridized carbons (Fsp3) is 0.185. The number of methoxy groups -OCH3 is 1. The normalized spacial score (nSPS) is 12.7. The van der Waals surface area contributed by atoms with E-state index in [0.29, 0.717) is 69.0 Å². The first-order chi connectivity index (χ1) is 18.4. The summed E-state index contributed by atoms with van der Waals surface area (Å²) in [4.78, 5) is 35.0. The summed E-state index contributed by atoms with van der Waals surface area (Å²) in [5, 5.41) is 3.64. The van der Waals surface area contributed by atoms with Crippen molar-refractivity contribution in [3.63, 3.8) is 0 Å². The maximum Gasteiger partial charge on any atom is 0.261 e. The van der Waals surface area contributed by atoms with Crippen molar-refractivity contribution < 1.29 is 23.5 Å². The van der Waals surface area contributed by atoms with E-state index < -0.39 is 5.82 Å². The van der Waals surface area contributed by atoms with E-state index in [1.165, 1.54) is 30.5 Å². The van der Waals surface area contributed by atoms with Crippen molar-refractivity contribution in [2.45, 2.75) is 12.8 Å². The number of anilines is 3. The van der Waals surface area contributed by atoms with E-state index in [-0.39, 0.29) is 24.0 Å². The van der Waals surface area contributed by atoms with Crippen LogP contribution in [0.5, 0.6) is 11.5 Å². The van der Waals surface area contributed by atoms with Crippen molar-refractivity contribution in [2.24, 2.45) is 0 Å². The third kappa shape index (κ3) is 4.97. The number of imide groups is 1. The number of nitrogens with one attached hydrogen (secondary N) is 1. The molecule has 1 aliphatic heterocycles. The molecule has 0 fully saturated rings. The predicted octanol–water partition coefficient (Wildman–Crippen LogP) is 5.32. The van der Waals surface area contributed by atoms with Gasteiger partial charge >= 0.3 is 0 Å². The molecule has 5 rings (SSSR count). The Hall–Kier alpha value is -4.25. The molecule has 3 N–H and O–H groups in total. The molecule has 194 valence electrons.